The van der Waals surface area contributed by atoms with Gasteiger partial charge < -0.3 is 10.1 Å². The van der Waals surface area contributed by atoms with E-state index in [-0.39, 0.29) is 0 Å². The van der Waals surface area contributed by atoms with Crippen LogP contribution in [0.15, 0.2) is 29.0 Å². The Morgan fingerprint density at radius 1 is 1.35 bits per heavy atom. The van der Waals surface area contributed by atoms with Gasteiger partial charge in [-0.3, -0.25) is 0 Å². The van der Waals surface area contributed by atoms with E-state index in [4.69, 9.17) is 16.3 Å². The number of benzene rings is 1. The summed E-state index contributed by atoms with van der Waals surface area (Å²) in [6, 6.07) is 5.46. The fourth-order valence-electron chi connectivity index (χ4n) is 1.83. The quantitative estimate of drug-likeness (QED) is 0.845. The van der Waals surface area contributed by atoms with Crippen LogP contribution in [0.25, 0.3) is 0 Å². The number of anilines is 1. The van der Waals surface area contributed by atoms with Gasteiger partial charge in [0.25, 0.3) is 0 Å². The molecule has 106 valence electrons. The van der Waals surface area contributed by atoms with Crippen LogP contribution in [0, 0.1) is 0 Å². The van der Waals surface area contributed by atoms with Crippen molar-refractivity contribution < 1.29 is 4.74 Å². The maximum Gasteiger partial charge on any atom is 0.227 e. The minimum absolute atomic E-state index is 0.534. The molecule has 1 heterocycles. The summed E-state index contributed by atoms with van der Waals surface area (Å²) < 4.78 is 6.76. The predicted octanol–water partition coefficient (Wildman–Crippen LogP) is 4.68. The van der Waals surface area contributed by atoms with E-state index in [9.17, 15) is 0 Å². The predicted molar refractivity (Wildman–Crippen MR) is 84.8 cm³/mol. The summed E-state index contributed by atoms with van der Waals surface area (Å²) >= 11 is 9.55. The van der Waals surface area contributed by atoms with E-state index < -0.39 is 0 Å². The SMILES string of the molecule is CCCc1c(NC)ncnc1Oc1cc(Br)ccc1Cl. The van der Waals surface area contributed by atoms with Crippen molar-refractivity contribution in [1.82, 2.24) is 9.97 Å². The van der Waals surface area contributed by atoms with Gasteiger partial charge >= 0.3 is 0 Å². The Hall–Kier alpha value is -1.33. The molecule has 0 atom stereocenters. The minimum Gasteiger partial charge on any atom is -0.437 e. The van der Waals surface area contributed by atoms with Gasteiger partial charge in [0.05, 0.1) is 10.6 Å². The first-order valence-electron chi connectivity index (χ1n) is 6.30. The summed E-state index contributed by atoms with van der Waals surface area (Å²) in [5.74, 6) is 1.88. The number of hydrogen-bond donors (Lipinski definition) is 1. The molecule has 1 N–H and O–H groups in total. The third kappa shape index (κ3) is 3.41. The van der Waals surface area contributed by atoms with E-state index in [1.807, 2.05) is 19.2 Å². The van der Waals surface area contributed by atoms with Gasteiger partial charge in [0, 0.05) is 11.5 Å². The number of nitrogens with zero attached hydrogens (tertiary/aromatic N) is 2. The first-order valence-corrected chi connectivity index (χ1v) is 7.47. The highest BCUT2D eigenvalue weighted by atomic mass is 79.9. The zero-order valence-corrected chi connectivity index (χ0v) is 13.6. The average Bonchev–Trinajstić information content (AvgIpc) is 2.45. The Morgan fingerprint density at radius 3 is 2.85 bits per heavy atom. The maximum atomic E-state index is 6.14. The molecule has 0 saturated heterocycles. The number of aromatic nitrogens is 2. The van der Waals surface area contributed by atoms with Gasteiger partial charge in [0.1, 0.15) is 17.9 Å². The molecule has 20 heavy (non-hydrogen) atoms. The molecule has 0 unspecified atom stereocenters. The Labute approximate surface area is 131 Å². The molecule has 0 bridgehead atoms. The average molecular weight is 357 g/mol. The Balaban J connectivity index is 2.39. The van der Waals surface area contributed by atoms with Crippen molar-refractivity contribution in [2.75, 3.05) is 12.4 Å². The van der Waals surface area contributed by atoms with Crippen molar-refractivity contribution in [3.8, 4) is 11.6 Å². The number of rotatable bonds is 5. The van der Waals surface area contributed by atoms with Gasteiger partial charge in [-0.2, -0.15) is 0 Å². The molecule has 0 aliphatic carbocycles. The summed E-state index contributed by atoms with van der Waals surface area (Å²) in [4.78, 5) is 8.44. The van der Waals surface area contributed by atoms with Crippen LogP contribution >= 0.6 is 27.5 Å². The van der Waals surface area contributed by atoms with E-state index >= 15 is 0 Å². The van der Waals surface area contributed by atoms with E-state index in [1.54, 1.807) is 6.07 Å². The second-order valence-electron chi connectivity index (χ2n) is 4.18. The van der Waals surface area contributed by atoms with Crippen LogP contribution in [0.2, 0.25) is 5.02 Å². The Kier molecular flexibility index (Phi) is 5.20. The first kappa shape index (κ1) is 15.1. The molecule has 0 saturated carbocycles. The van der Waals surface area contributed by atoms with Crippen molar-refractivity contribution in [2.24, 2.45) is 0 Å². The smallest absolute Gasteiger partial charge is 0.227 e. The molecule has 0 radical (unpaired) electrons. The van der Waals surface area contributed by atoms with Crippen LogP contribution in [-0.4, -0.2) is 17.0 Å². The number of nitrogens with one attached hydrogen (secondary N) is 1. The summed E-state index contributed by atoms with van der Waals surface area (Å²) in [5.41, 5.74) is 0.952. The largest absolute Gasteiger partial charge is 0.437 e. The lowest BCUT2D eigenvalue weighted by Crippen LogP contribution is -2.03. The van der Waals surface area contributed by atoms with E-state index in [0.29, 0.717) is 16.7 Å². The van der Waals surface area contributed by atoms with Crippen LogP contribution in [0.1, 0.15) is 18.9 Å². The lowest BCUT2D eigenvalue weighted by Gasteiger charge is -2.13. The second kappa shape index (κ2) is 6.90. The summed E-state index contributed by atoms with van der Waals surface area (Å²) in [5, 5.41) is 3.60. The lowest BCUT2D eigenvalue weighted by atomic mass is 10.1. The molecule has 0 aliphatic heterocycles. The monoisotopic (exact) mass is 355 g/mol. The molecular weight excluding hydrogens is 342 g/mol. The van der Waals surface area contributed by atoms with Gasteiger partial charge in [-0.25, -0.2) is 9.97 Å². The fourth-order valence-corrected chi connectivity index (χ4v) is 2.33. The Bertz CT molecular complexity index is 607. The molecule has 1 aromatic carbocycles. The van der Waals surface area contributed by atoms with Gasteiger partial charge in [-0.15, -0.1) is 0 Å². The highest BCUT2D eigenvalue weighted by Gasteiger charge is 2.13. The zero-order valence-electron chi connectivity index (χ0n) is 11.3. The molecule has 4 nitrogen and oxygen atoms in total. The Morgan fingerprint density at radius 2 is 2.15 bits per heavy atom. The second-order valence-corrected chi connectivity index (χ2v) is 5.51. The lowest BCUT2D eigenvalue weighted by molar-refractivity contribution is 0.454. The third-order valence-corrected chi connectivity index (χ3v) is 3.55. The van der Waals surface area contributed by atoms with Gasteiger partial charge in [-0.05, 0) is 24.6 Å². The molecule has 1 aromatic heterocycles. The summed E-state index contributed by atoms with van der Waals surface area (Å²) in [6.07, 6.45) is 3.29. The molecule has 0 fully saturated rings. The highest BCUT2D eigenvalue weighted by Crippen LogP contribution is 2.34. The minimum atomic E-state index is 0.534. The summed E-state index contributed by atoms with van der Waals surface area (Å²) in [6.45, 7) is 2.10. The number of ether oxygens (including phenoxy) is 1. The zero-order chi connectivity index (χ0) is 14.5. The van der Waals surface area contributed by atoms with Gasteiger partial charge in [0.2, 0.25) is 5.88 Å². The van der Waals surface area contributed by atoms with Crippen molar-refractivity contribution in [2.45, 2.75) is 19.8 Å². The first-order chi connectivity index (χ1) is 9.65. The fraction of sp³-hybridized carbons (Fsp3) is 0.286. The van der Waals surface area contributed by atoms with Crippen molar-refractivity contribution in [3.63, 3.8) is 0 Å². The summed E-state index contributed by atoms with van der Waals surface area (Å²) in [7, 11) is 1.83. The maximum absolute atomic E-state index is 6.14. The van der Waals surface area contributed by atoms with Crippen LogP contribution in [-0.2, 0) is 6.42 Å². The van der Waals surface area contributed by atoms with Crippen LogP contribution in [0.4, 0.5) is 5.82 Å². The molecular formula is C14H15BrClN3O. The molecule has 6 heteroatoms. The van der Waals surface area contributed by atoms with Crippen LogP contribution in [0.3, 0.4) is 0 Å². The standard InChI is InChI=1S/C14H15BrClN3O/c1-3-4-10-13(17-2)18-8-19-14(10)20-12-7-9(15)5-6-11(12)16/h5-8H,3-4H2,1-2H3,(H,17,18,19). The van der Waals surface area contributed by atoms with Crippen molar-refractivity contribution in [3.05, 3.63) is 39.6 Å². The van der Waals surface area contributed by atoms with Gasteiger partial charge in [-0.1, -0.05) is 40.9 Å². The highest BCUT2D eigenvalue weighted by molar-refractivity contribution is 9.10. The van der Waals surface area contributed by atoms with E-state index in [2.05, 4.69) is 38.1 Å². The van der Waals surface area contributed by atoms with Crippen molar-refractivity contribution in [1.29, 1.82) is 0 Å². The third-order valence-electron chi connectivity index (χ3n) is 2.74. The molecule has 0 spiro atoms. The van der Waals surface area contributed by atoms with Crippen LogP contribution in [0.5, 0.6) is 11.6 Å². The molecule has 2 aromatic rings. The number of halogens is 2. The molecule has 0 aliphatic rings. The molecule has 2 rings (SSSR count). The van der Waals surface area contributed by atoms with Crippen LogP contribution < -0.4 is 10.1 Å². The normalized spacial score (nSPS) is 10.4. The van der Waals surface area contributed by atoms with E-state index in [1.165, 1.54) is 6.33 Å². The van der Waals surface area contributed by atoms with Gasteiger partial charge in [0.15, 0.2) is 0 Å². The molecule has 0 amide bonds. The topological polar surface area (TPSA) is 47.0 Å². The van der Waals surface area contributed by atoms with E-state index in [0.717, 1.165) is 28.7 Å². The number of hydrogen-bond acceptors (Lipinski definition) is 4. The van der Waals surface area contributed by atoms with Crippen molar-refractivity contribution >= 4 is 33.3 Å².